The minimum Gasteiger partial charge on any atom is -0.464 e. The first-order valence-corrected chi connectivity index (χ1v) is 6.52. The van der Waals surface area contributed by atoms with E-state index in [0.717, 1.165) is 19.3 Å². The molecule has 0 amide bonds. The lowest BCUT2D eigenvalue weighted by molar-refractivity contribution is -0.166. The van der Waals surface area contributed by atoms with Gasteiger partial charge in [0, 0.05) is 0 Å². The maximum Gasteiger partial charge on any atom is 0.338 e. The molecule has 3 nitrogen and oxygen atoms in total. The first-order chi connectivity index (χ1) is 7.62. The van der Waals surface area contributed by atoms with Crippen LogP contribution in [0.25, 0.3) is 0 Å². The van der Waals surface area contributed by atoms with E-state index >= 15 is 0 Å². The summed E-state index contributed by atoms with van der Waals surface area (Å²) >= 11 is 0. The number of hydrogen-bond acceptors (Lipinski definition) is 3. The smallest absolute Gasteiger partial charge is 0.338 e. The highest BCUT2D eigenvalue weighted by Gasteiger charge is 2.38. The summed E-state index contributed by atoms with van der Waals surface area (Å²) in [5.74, 6) is 0.251. The molecule has 0 aromatic heterocycles. The molecule has 1 saturated carbocycles. The Morgan fingerprint density at radius 3 is 2.75 bits per heavy atom. The van der Waals surface area contributed by atoms with Crippen LogP contribution in [0.5, 0.6) is 0 Å². The number of carbonyl (C=O) groups excluding carboxylic acids is 1. The van der Waals surface area contributed by atoms with Gasteiger partial charge in [-0.3, -0.25) is 0 Å². The van der Waals surface area contributed by atoms with Crippen molar-refractivity contribution in [2.75, 3.05) is 6.61 Å². The van der Waals surface area contributed by atoms with E-state index < -0.39 is 11.6 Å². The number of hydrogen-bond donors (Lipinski definition) is 1. The third-order valence-corrected chi connectivity index (χ3v) is 3.52. The first-order valence-electron chi connectivity index (χ1n) is 6.52. The molecule has 2 atom stereocenters. The van der Waals surface area contributed by atoms with Crippen LogP contribution in [-0.4, -0.2) is 23.3 Å². The normalized spacial score (nSPS) is 30.8. The fraction of sp³-hybridized carbons (Fsp3) is 0.923. The third-order valence-electron chi connectivity index (χ3n) is 3.52. The minimum atomic E-state index is -1.21. The summed E-state index contributed by atoms with van der Waals surface area (Å²) in [6.07, 6.45) is 6.53. The van der Waals surface area contributed by atoms with E-state index in [1.807, 2.05) is 0 Å². The molecule has 1 aliphatic rings. The lowest BCUT2D eigenvalue weighted by atomic mass is 9.92. The average molecular weight is 228 g/mol. The van der Waals surface area contributed by atoms with Gasteiger partial charge in [-0.15, -0.1) is 0 Å². The molecule has 1 aliphatic carbocycles. The van der Waals surface area contributed by atoms with Crippen LogP contribution in [0.15, 0.2) is 0 Å². The van der Waals surface area contributed by atoms with Crippen molar-refractivity contribution in [3.05, 3.63) is 0 Å². The van der Waals surface area contributed by atoms with Gasteiger partial charge in [0.25, 0.3) is 0 Å². The zero-order chi connectivity index (χ0) is 12.0. The quantitative estimate of drug-likeness (QED) is 0.594. The van der Waals surface area contributed by atoms with Crippen LogP contribution in [0.2, 0.25) is 0 Å². The van der Waals surface area contributed by atoms with Crippen molar-refractivity contribution in [2.45, 2.75) is 64.4 Å². The zero-order valence-electron chi connectivity index (χ0n) is 10.5. The summed E-state index contributed by atoms with van der Waals surface area (Å²) in [4.78, 5) is 11.7. The Bertz CT molecular complexity index is 227. The van der Waals surface area contributed by atoms with Gasteiger partial charge in [-0.25, -0.2) is 4.79 Å². The second kappa shape index (κ2) is 6.24. The van der Waals surface area contributed by atoms with Crippen LogP contribution < -0.4 is 0 Å². The average Bonchev–Trinajstić information content (AvgIpc) is 2.43. The zero-order valence-corrected chi connectivity index (χ0v) is 10.5. The summed E-state index contributed by atoms with van der Waals surface area (Å²) in [5.41, 5.74) is -1.21. The molecular formula is C13H24O3. The number of esters is 1. The molecule has 0 bridgehead atoms. The molecule has 0 saturated heterocycles. The maximum atomic E-state index is 11.7. The molecule has 0 aliphatic heterocycles. The lowest BCUT2D eigenvalue weighted by Gasteiger charge is -2.24. The Kier molecular flexibility index (Phi) is 5.26. The van der Waals surface area contributed by atoms with Gasteiger partial charge in [0.15, 0.2) is 5.60 Å². The SMILES string of the molecule is CCCC1CCCC(O)(C(=O)OCC)CC1. The van der Waals surface area contributed by atoms with E-state index in [4.69, 9.17) is 4.74 Å². The van der Waals surface area contributed by atoms with E-state index in [2.05, 4.69) is 6.92 Å². The minimum absolute atomic E-state index is 0.347. The molecule has 0 spiro atoms. The molecule has 0 aromatic carbocycles. The predicted molar refractivity (Wildman–Crippen MR) is 63.1 cm³/mol. The maximum absolute atomic E-state index is 11.7. The third kappa shape index (κ3) is 3.48. The van der Waals surface area contributed by atoms with E-state index in [1.54, 1.807) is 6.92 Å². The summed E-state index contributed by atoms with van der Waals surface area (Å²) in [6.45, 7) is 4.31. The molecule has 0 radical (unpaired) electrons. The van der Waals surface area contributed by atoms with Gasteiger partial charge in [0.1, 0.15) is 0 Å². The van der Waals surface area contributed by atoms with Crippen molar-refractivity contribution >= 4 is 5.97 Å². The van der Waals surface area contributed by atoms with Crippen molar-refractivity contribution < 1.29 is 14.6 Å². The standard InChI is InChI=1S/C13H24O3/c1-3-6-11-7-5-9-13(15,10-8-11)12(14)16-4-2/h11,15H,3-10H2,1-2H3. The second-order valence-corrected chi connectivity index (χ2v) is 4.84. The van der Waals surface area contributed by atoms with Gasteiger partial charge >= 0.3 is 5.97 Å². The van der Waals surface area contributed by atoms with Crippen molar-refractivity contribution in [3.63, 3.8) is 0 Å². The van der Waals surface area contributed by atoms with Gasteiger partial charge in [0.2, 0.25) is 0 Å². The number of aliphatic hydroxyl groups is 1. The Morgan fingerprint density at radius 2 is 2.12 bits per heavy atom. The van der Waals surface area contributed by atoms with Crippen molar-refractivity contribution in [1.29, 1.82) is 0 Å². The topological polar surface area (TPSA) is 46.5 Å². The highest BCUT2D eigenvalue weighted by atomic mass is 16.5. The molecule has 1 rings (SSSR count). The molecule has 0 aromatic rings. The molecule has 1 fully saturated rings. The second-order valence-electron chi connectivity index (χ2n) is 4.84. The van der Waals surface area contributed by atoms with Gasteiger partial charge < -0.3 is 9.84 Å². The van der Waals surface area contributed by atoms with Crippen LogP contribution in [0.4, 0.5) is 0 Å². The molecule has 16 heavy (non-hydrogen) atoms. The Hall–Kier alpha value is -0.570. The van der Waals surface area contributed by atoms with E-state index in [9.17, 15) is 9.90 Å². The summed E-state index contributed by atoms with van der Waals surface area (Å²) < 4.78 is 4.95. The predicted octanol–water partition coefficient (Wildman–Crippen LogP) is 2.66. The van der Waals surface area contributed by atoms with Crippen LogP contribution >= 0.6 is 0 Å². The summed E-state index contributed by atoms with van der Waals surface area (Å²) in [6, 6.07) is 0. The van der Waals surface area contributed by atoms with Gasteiger partial charge in [-0.05, 0) is 38.5 Å². The van der Waals surface area contributed by atoms with Crippen LogP contribution in [-0.2, 0) is 9.53 Å². The van der Waals surface area contributed by atoms with Crippen LogP contribution in [0, 0.1) is 5.92 Å². The lowest BCUT2D eigenvalue weighted by Crippen LogP contribution is -2.39. The van der Waals surface area contributed by atoms with Crippen molar-refractivity contribution in [1.82, 2.24) is 0 Å². The van der Waals surface area contributed by atoms with E-state index in [-0.39, 0.29) is 0 Å². The number of carbonyl (C=O) groups is 1. The Balaban J connectivity index is 2.53. The molecule has 0 heterocycles. The highest BCUT2D eigenvalue weighted by molar-refractivity contribution is 5.79. The highest BCUT2D eigenvalue weighted by Crippen LogP contribution is 2.33. The van der Waals surface area contributed by atoms with Crippen molar-refractivity contribution in [3.8, 4) is 0 Å². The van der Waals surface area contributed by atoms with Crippen molar-refractivity contribution in [2.24, 2.45) is 5.92 Å². The number of rotatable bonds is 4. The fourth-order valence-corrected chi connectivity index (χ4v) is 2.56. The van der Waals surface area contributed by atoms with E-state index in [0.29, 0.717) is 25.4 Å². The fourth-order valence-electron chi connectivity index (χ4n) is 2.56. The van der Waals surface area contributed by atoms with Crippen LogP contribution in [0.3, 0.4) is 0 Å². The molecule has 2 unspecified atom stereocenters. The van der Waals surface area contributed by atoms with Gasteiger partial charge in [-0.1, -0.05) is 26.2 Å². The first kappa shape index (κ1) is 13.5. The largest absolute Gasteiger partial charge is 0.464 e. The van der Waals surface area contributed by atoms with Gasteiger partial charge in [-0.2, -0.15) is 0 Å². The summed E-state index contributed by atoms with van der Waals surface area (Å²) in [7, 11) is 0. The van der Waals surface area contributed by atoms with Gasteiger partial charge in [0.05, 0.1) is 6.61 Å². The molecule has 1 N–H and O–H groups in total. The van der Waals surface area contributed by atoms with Crippen LogP contribution in [0.1, 0.15) is 58.8 Å². The monoisotopic (exact) mass is 228 g/mol. The Labute approximate surface area is 98.2 Å². The molecular weight excluding hydrogens is 204 g/mol. The summed E-state index contributed by atoms with van der Waals surface area (Å²) in [5, 5.41) is 10.3. The molecule has 3 heteroatoms. The van der Waals surface area contributed by atoms with E-state index in [1.165, 1.54) is 12.8 Å². The Morgan fingerprint density at radius 1 is 1.38 bits per heavy atom. The molecule has 94 valence electrons. The number of ether oxygens (including phenoxy) is 1.